The van der Waals surface area contributed by atoms with Gasteiger partial charge in [-0.25, -0.2) is 4.39 Å². The van der Waals surface area contributed by atoms with E-state index in [-0.39, 0.29) is 23.8 Å². The van der Waals surface area contributed by atoms with Crippen LogP contribution in [0, 0.1) is 5.82 Å². The second-order valence-corrected chi connectivity index (χ2v) is 9.20. The van der Waals surface area contributed by atoms with Crippen molar-refractivity contribution in [3.05, 3.63) is 92.9 Å². The first-order chi connectivity index (χ1) is 15.8. The minimum Gasteiger partial charge on any atom is -0.507 e. The first kappa shape index (κ1) is 22.7. The van der Waals surface area contributed by atoms with Crippen molar-refractivity contribution in [1.29, 1.82) is 0 Å². The number of benzene rings is 2. The summed E-state index contributed by atoms with van der Waals surface area (Å²) in [5.74, 6) is -1.36. The van der Waals surface area contributed by atoms with Crippen molar-refractivity contribution in [3.63, 3.8) is 0 Å². The highest BCUT2D eigenvalue weighted by molar-refractivity contribution is 7.09. The van der Waals surface area contributed by atoms with Crippen LogP contribution in [0.4, 0.5) is 4.39 Å². The van der Waals surface area contributed by atoms with E-state index in [1.54, 1.807) is 25.3 Å². The van der Waals surface area contributed by atoms with Crippen molar-refractivity contribution in [2.45, 2.75) is 32.4 Å². The van der Waals surface area contributed by atoms with Gasteiger partial charge in [0, 0.05) is 10.4 Å². The highest BCUT2D eigenvalue weighted by Gasteiger charge is 2.46. The Hall–Kier alpha value is -3.45. The van der Waals surface area contributed by atoms with Gasteiger partial charge in [-0.05, 0) is 58.8 Å². The van der Waals surface area contributed by atoms with Crippen LogP contribution in [0.25, 0.3) is 5.76 Å². The van der Waals surface area contributed by atoms with Crippen molar-refractivity contribution in [3.8, 4) is 5.75 Å². The van der Waals surface area contributed by atoms with Gasteiger partial charge in [-0.2, -0.15) is 0 Å². The SMILES string of the molecule is COc1ccc(/C(O)=C2/C(=O)C(=O)N(Cc3cccs3)C2c2ccc(F)cc2)cc1C(C)C. The summed E-state index contributed by atoms with van der Waals surface area (Å²) in [6, 6.07) is 13.7. The molecule has 0 spiro atoms. The summed E-state index contributed by atoms with van der Waals surface area (Å²) in [5, 5.41) is 13.2. The summed E-state index contributed by atoms with van der Waals surface area (Å²) in [5.41, 5.74) is 1.82. The number of amides is 1. The van der Waals surface area contributed by atoms with E-state index >= 15 is 0 Å². The molecule has 0 saturated carbocycles. The van der Waals surface area contributed by atoms with Crippen LogP contribution in [-0.2, 0) is 16.1 Å². The highest BCUT2D eigenvalue weighted by Crippen LogP contribution is 2.41. The number of hydrogen-bond donors (Lipinski definition) is 1. The predicted molar refractivity (Wildman–Crippen MR) is 126 cm³/mol. The second kappa shape index (κ2) is 9.19. The van der Waals surface area contributed by atoms with E-state index in [1.165, 1.54) is 40.5 Å². The molecular formula is C26H24FNO4S. The minimum atomic E-state index is -0.836. The van der Waals surface area contributed by atoms with Crippen LogP contribution in [0.15, 0.2) is 65.6 Å². The molecule has 1 N–H and O–H groups in total. The number of ketones is 1. The Balaban J connectivity index is 1.87. The van der Waals surface area contributed by atoms with E-state index in [1.807, 2.05) is 31.4 Å². The molecule has 1 aliphatic heterocycles. The van der Waals surface area contributed by atoms with Gasteiger partial charge in [-0.1, -0.05) is 32.0 Å². The standard InChI is InChI=1S/C26H24FNO4S/c1-15(2)20-13-17(8-11-21(20)32-3)24(29)22-23(16-6-9-18(27)10-7-16)28(26(31)25(22)30)14-19-5-4-12-33-19/h4-13,15,23,29H,14H2,1-3H3/b24-22-. The molecule has 170 valence electrons. The van der Waals surface area contributed by atoms with Gasteiger partial charge < -0.3 is 14.7 Å². The molecule has 3 aromatic rings. The Bertz CT molecular complexity index is 1220. The Morgan fingerprint density at radius 1 is 1.15 bits per heavy atom. The zero-order valence-corrected chi connectivity index (χ0v) is 19.4. The monoisotopic (exact) mass is 465 g/mol. The average molecular weight is 466 g/mol. The fourth-order valence-corrected chi connectivity index (χ4v) is 4.80. The molecule has 1 aromatic heterocycles. The lowest BCUT2D eigenvalue weighted by molar-refractivity contribution is -0.140. The van der Waals surface area contributed by atoms with Crippen molar-refractivity contribution < 1.29 is 23.8 Å². The van der Waals surface area contributed by atoms with Gasteiger partial charge in [-0.3, -0.25) is 9.59 Å². The average Bonchev–Trinajstić information content (AvgIpc) is 3.41. The van der Waals surface area contributed by atoms with E-state index in [4.69, 9.17) is 4.74 Å². The maximum Gasteiger partial charge on any atom is 0.295 e. The number of carbonyl (C=O) groups is 2. The molecule has 4 rings (SSSR count). The van der Waals surface area contributed by atoms with Crippen LogP contribution < -0.4 is 4.74 Å². The van der Waals surface area contributed by atoms with Crippen LogP contribution in [0.1, 0.15) is 47.4 Å². The maximum atomic E-state index is 13.6. The first-order valence-corrected chi connectivity index (χ1v) is 11.4. The van der Waals surface area contributed by atoms with Gasteiger partial charge in [0.05, 0.1) is 25.3 Å². The number of carbonyl (C=O) groups excluding carboxylic acids is 2. The van der Waals surface area contributed by atoms with Crippen LogP contribution in [-0.4, -0.2) is 28.8 Å². The molecule has 5 nitrogen and oxygen atoms in total. The third-order valence-electron chi connectivity index (χ3n) is 5.76. The van der Waals surface area contributed by atoms with E-state index in [2.05, 4.69) is 0 Å². The maximum absolute atomic E-state index is 13.6. The van der Waals surface area contributed by atoms with Gasteiger partial charge in [0.25, 0.3) is 11.7 Å². The molecule has 7 heteroatoms. The van der Waals surface area contributed by atoms with E-state index < -0.39 is 23.5 Å². The molecule has 0 aliphatic carbocycles. The van der Waals surface area contributed by atoms with E-state index in [0.717, 1.165) is 10.4 Å². The van der Waals surface area contributed by atoms with Crippen LogP contribution in [0.3, 0.4) is 0 Å². The summed E-state index contributed by atoms with van der Waals surface area (Å²) in [7, 11) is 1.57. The molecule has 0 radical (unpaired) electrons. The molecule has 1 aliphatic rings. The number of aliphatic hydroxyl groups is 1. The molecule has 1 unspecified atom stereocenters. The van der Waals surface area contributed by atoms with Gasteiger partial charge in [-0.15, -0.1) is 11.3 Å². The Kier molecular flexibility index (Phi) is 6.33. The van der Waals surface area contributed by atoms with E-state index in [0.29, 0.717) is 16.9 Å². The minimum absolute atomic E-state index is 0.0111. The Morgan fingerprint density at radius 3 is 2.48 bits per heavy atom. The number of likely N-dealkylation sites (tertiary alicyclic amines) is 1. The number of Topliss-reactive ketones (excluding diaryl/α,β-unsaturated/α-hetero) is 1. The Morgan fingerprint density at radius 2 is 1.88 bits per heavy atom. The summed E-state index contributed by atoms with van der Waals surface area (Å²) < 4.78 is 19.0. The molecule has 2 heterocycles. The van der Waals surface area contributed by atoms with Gasteiger partial charge in [0.1, 0.15) is 17.3 Å². The number of rotatable bonds is 6. The number of ether oxygens (including phenoxy) is 1. The number of aliphatic hydroxyl groups excluding tert-OH is 1. The summed E-state index contributed by atoms with van der Waals surface area (Å²) in [6.07, 6.45) is 0. The quantitative estimate of drug-likeness (QED) is 0.291. The van der Waals surface area contributed by atoms with Gasteiger partial charge in [0.2, 0.25) is 0 Å². The number of halogens is 1. The predicted octanol–water partition coefficient (Wildman–Crippen LogP) is 5.64. The summed E-state index contributed by atoms with van der Waals surface area (Å²) in [6.45, 7) is 4.21. The van der Waals surface area contributed by atoms with Crippen molar-refractivity contribution in [1.82, 2.24) is 4.90 Å². The molecule has 2 aromatic carbocycles. The van der Waals surface area contributed by atoms with E-state index in [9.17, 15) is 19.1 Å². The van der Waals surface area contributed by atoms with Crippen LogP contribution in [0.2, 0.25) is 0 Å². The summed E-state index contributed by atoms with van der Waals surface area (Å²) in [4.78, 5) is 28.5. The van der Waals surface area contributed by atoms with Gasteiger partial charge in [0.15, 0.2) is 0 Å². The summed E-state index contributed by atoms with van der Waals surface area (Å²) >= 11 is 1.47. The molecule has 1 fully saturated rings. The molecule has 33 heavy (non-hydrogen) atoms. The number of nitrogens with zero attached hydrogens (tertiary/aromatic N) is 1. The highest BCUT2D eigenvalue weighted by atomic mass is 32.1. The van der Waals surface area contributed by atoms with Crippen LogP contribution in [0.5, 0.6) is 5.75 Å². The zero-order valence-electron chi connectivity index (χ0n) is 18.5. The molecule has 1 amide bonds. The molecule has 1 atom stereocenters. The van der Waals surface area contributed by atoms with Crippen LogP contribution >= 0.6 is 11.3 Å². The number of thiophene rings is 1. The normalized spacial score (nSPS) is 17.7. The number of hydrogen-bond acceptors (Lipinski definition) is 5. The van der Waals surface area contributed by atoms with Gasteiger partial charge >= 0.3 is 0 Å². The third kappa shape index (κ3) is 4.28. The topological polar surface area (TPSA) is 66.8 Å². The lowest BCUT2D eigenvalue weighted by Gasteiger charge is -2.25. The largest absolute Gasteiger partial charge is 0.507 e. The lowest BCUT2D eigenvalue weighted by atomic mass is 9.93. The lowest BCUT2D eigenvalue weighted by Crippen LogP contribution is -2.28. The smallest absolute Gasteiger partial charge is 0.295 e. The van der Waals surface area contributed by atoms with Crippen molar-refractivity contribution in [2.75, 3.05) is 7.11 Å². The molecular weight excluding hydrogens is 441 g/mol. The second-order valence-electron chi connectivity index (χ2n) is 8.17. The zero-order chi connectivity index (χ0) is 23.7. The number of methoxy groups -OCH3 is 1. The Labute approximate surface area is 195 Å². The fraction of sp³-hybridized carbons (Fsp3) is 0.231. The molecule has 0 bridgehead atoms. The first-order valence-electron chi connectivity index (χ1n) is 10.6. The molecule has 1 saturated heterocycles. The van der Waals surface area contributed by atoms with Crippen molar-refractivity contribution >= 4 is 28.8 Å². The van der Waals surface area contributed by atoms with Crippen molar-refractivity contribution in [2.24, 2.45) is 0 Å². The third-order valence-corrected chi connectivity index (χ3v) is 6.62. The fourth-order valence-electron chi connectivity index (χ4n) is 4.09.